The zero-order chi connectivity index (χ0) is 12.4. The summed E-state index contributed by atoms with van der Waals surface area (Å²) < 4.78 is 0. The van der Waals surface area contributed by atoms with E-state index in [0.717, 1.165) is 21.5 Å². The van der Waals surface area contributed by atoms with Crippen molar-refractivity contribution in [3.05, 3.63) is 35.9 Å². The number of aromatic nitrogens is 1. The number of carboxylic acid groups (broad SMARTS) is 1. The van der Waals surface area contributed by atoms with Gasteiger partial charge >= 0.3 is 5.97 Å². The molecule has 1 aromatic carbocycles. The summed E-state index contributed by atoms with van der Waals surface area (Å²) in [6.45, 7) is 3.62. The van der Waals surface area contributed by atoms with E-state index in [-0.39, 0.29) is 0 Å². The van der Waals surface area contributed by atoms with Crippen molar-refractivity contribution in [2.45, 2.75) is 24.1 Å². The molecule has 1 atom stereocenters. The fraction of sp³-hybridized carbons (Fsp3) is 0.231. The Kier molecular flexibility index (Phi) is 3.33. The Hall–Kier alpha value is -1.55. The standard InChI is InChI=1S/C13H13NO2S/c1-8-7-10-5-3-4-6-11(10)14-12(8)17-9(2)13(15)16/h3-7,9H,1-2H3,(H,15,16). The molecule has 0 fully saturated rings. The van der Waals surface area contributed by atoms with Crippen LogP contribution in [0.25, 0.3) is 10.9 Å². The van der Waals surface area contributed by atoms with Crippen LogP contribution in [0.4, 0.5) is 0 Å². The van der Waals surface area contributed by atoms with E-state index in [4.69, 9.17) is 5.11 Å². The largest absolute Gasteiger partial charge is 0.480 e. The Morgan fingerprint density at radius 2 is 2.12 bits per heavy atom. The first kappa shape index (κ1) is 11.9. The van der Waals surface area contributed by atoms with E-state index >= 15 is 0 Å². The summed E-state index contributed by atoms with van der Waals surface area (Å²) in [6.07, 6.45) is 0. The molecule has 1 heterocycles. The number of aryl methyl sites for hydroxylation is 1. The van der Waals surface area contributed by atoms with Gasteiger partial charge in [-0.3, -0.25) is 4.79 Å². The van der Waals surface area contributed by atoms with Crippen molar-refractivity contribution >= 4 is 28.6 Å². The predicted octanol–water partition coefficient (Wildman–Crippen LogP) is 3.11. The number of nitrogens with zero attached hydrogens (tertiary/aromatic N) is 1. The van der Waals surface area contributed by atoms with Gasteiger partial charge in [0.05, 0.1) is 5.52 Å². The van der Waals surface area contributed by atoms with Crippen LogP contribution >= 0.6 is 11.8 Å². The van der Waals surface area contributed by atoms with Gasteiger partial charge in [0.2, 0.25) is 0 Å². The first-order valence-corrected chi connectivity index (χ1v) is 6.22. The van der Waals surface area contributed by atoms with Gasteiger partial charge in [0, 0.05) is 5.39 Å². The monoisotopic (exact) mass is 247 g/mol. The van der Waals surface area contributed by atoms with Gasteiger partial charge in [-0.2, -0.15) is 0 Å². The van der Waals surface area contributed by atoms with E-state index in [1.165, 1.54) is 11.8 Å². The molecule has 4 heteroatoms. The van der Waals surface area contributed by atoms with Gasteiger partial charge in [-0.1, -0.05) is 30.0 Å². The van der Waals surface area contributed by atoms with Crippen molar-refractivity contribution in [1.82, 2.24) is 4.98 Å². The lowest BCUT2D eigenvalue weighted by molar-refractivity contribution is -0.136. The average Bonchev–Trinajstić information content (AvgIpc) is 2.29. The third-order valence-electron chi connectivity index (χ3n) is 2.50. The fourth-order valence-corrected chi connectivity index (χ4v) is 2.37. The number of benzene rings is 1. The maximum absolute atomic E-state index is 10.8. The molecule has 88 valence electrons. The van der Waals surface area contributed by atoms with Crippen LogP contribution in [-0.2, 0) is 4.79 Å². The van der Waals surface area contributed by atoms with Crippen LogP contribution in [0.5, 0.6) is 0 Å². The summed E-state index contributed by atoms with van der Waals surface area (Å²) in [7, 11) is 0. The molecule has 0 aliphatic carbocycles. The van der Waals surface area contributed by atoms with Crippen molar-refractivity contribution in [2.24, 2.45) is 0 Å². The predicted molar refractivity (Wildman–Crippen MR) is 69.4 cm³/mol. The fourth-order valence-electron chi connectivity index (χ4n) is 1.54. The molecule has 1 unspecified atom stereocenters. The Labute approximate surface area is 104 Å². The zero-order valence-electron chi connectivity index (χ0n) is 9.68. The van der Waals surface area contributed by atoms with Crippen LogP contribution in [0.1, 0.15) is 12.5 Å². The number of fused-ring (bicyclic) bond motifs is 1. The number of pyridine rings is 1. The van der Waals surface area contributed by atoms with Crippen LogP contribution in [0.2, 0.25) is 0 Å². The highest BCUT2D eigenvalue weighted by Crippen LogP contribution is 2.27. The first-order valence-electron chi connectivity index (χ1n) is 5.34. The first-order chi connectivity index (χ1) is 8.08. The van der Waals surface area contributed by atoms with Crippen molar-refractivity contribution in [3.8, 4) is 0 Å². The molecule has 3 nitrogen and oxygen atoms in total. The zero-order valence-corrected chi connectivity index (χ0v) is 10.5. The summed E-state index contributed by atoms with van der Waals surface area (Å²) in [5.41, 5.74) is 1.92. The highest BCUT2D eigenvalue weighted by molar-refractivity contribution is 8.00. The second-order valence-corrected chi connectivity index (χ2v) is 5.23. The van der Waals surface area contributed by atoms with Crippen LogP contribution in [0.3, 0.4) is 0 Å². The van der Waals surface area contributed by atoms with Gasteiger partial charge in [0.15, 0.2) is 0 Å². The molecule has 0 bridgehead atoms. The van der Waals surface area contributed by atoms with Crippen molar-refractivity contribution in [1.29, 1.82) is 0 Å². The van der Waals surface area contributed by atoms with E-state index in [1.54, 1.807) is 6.92 Å². The maximum Gasteiger partial charge on any atom is 0.316 e. The average molecular weight is 247 g/mol. The van der Waals surface area contributed by atoms with Crippen LogP contribution in [0, 0.1) is 6.92 Å². The maximum atomic E-state index is 10.8. The molecule has 0 saturated heterocycles. The van der Waals surface area contributed by atoms with Crippen LogP contribution < -0.4 is 0 Å². The third-order valence-corrected chi connectivity index (χ3v) is 3.70. The lowest BCUT2D eigenvalue weighted by Crippen LogP contribution is -2.11. The number of para-hydroxylation sites is 1. The Bertz CT molecular complexity index is 568. The second kappa shape index (κ2) is 4.75. The third kappa shape index (κ3) is 2.58. The number of rotatable bonds is 3. The lowest BCUT2D eigenvalue weighted by atomic mass is 10.2. The second-order valence-electron chi connectivity index (χ2n) is 3.90. The van der Waals surface area contributed by atoms with E-state index < -0.39 is 11.2 Å². The van der Waals surface area contributed by atoms with Gasteiger partial charge in [-0.05, 0) is 31.5 Å². The highest BCUT2D eigenvalue weighted by atomic mass is 32.2. The molecule has 0 aliphatic heterocycles. The summed E-state index contributed by atoms with van der Waals surface area (Å²) in [5.74, 6) is -0.815. The minimum atomic E-state index is -0.815. The SMILES string of the molecule is Cc1cc2ccccc2nc1SC(C)C(=O)O. The molecule has 0 aliphatic rings. The molecule has 0 saturated carbocycles. The number of hydrogen-bond donors (Lipinski definition) is 1. The Morgan fingerprint density at radius 3 is 2.82 bits per heavy atom. The Balaban J connectivity index is 2.40. The van der Waals surface area contributed by atoms with Crippen LogP contribution in [-0.4, -0.2) is 21.3 Å². The molecular formula is C13H13NO2S. The normalized spacial score (nSPS) is 12.6. The number of carboxylic acids is 1. The smallest absolute Gasteiger partial charge is 0.316 e. The summed E-state index contributed by atoms with van der Waals surface area (Å²) in [6, 6.07) is 9.88. The van der Waals surface area contributed by atoms with Crippen molar-refractivity contribution < 1.29 is 9.90 Å². The van der Waals surface area contributed by atoms with Crippen LogP contribution in [0.15, 0.2) is 35.4 Å². The number of carbonyl (C=O) groups is 1. The summed E-state index contributed by atoms with van der Waals surface area (Å²) in [5, 5.41) is 10.3. The van der Waals surface area contributed by atoms with E-state index in [2.05, 4.69) is 4.98 Å². The molecule has 2 rings (SSSR count). The molecule has 1 N–H and O–H groups in total. The minimum Gasteiger partial charge on any atom is -0.480 e. The molecular weight excluding hydrogens is 234 g/mol. The topological polar surface area (TPSA) is 50.2 Å². The van der Waals surface area contributed by atoms with E-state index in [1.807, 2.05) is 37.3 Å². The molecule has 0 radical (unpaired) electrons. The quantitative estimate of drug-likeness (QED) is 0.847. The molecule has 17 heavy (non-hydrogen) atoms. The molecule has 0 amide bonds. The van der Waals surface area contributed by atoms with Crippen molar-refractivity contribution in [2.75, 3.05) is 0 Å². The van der Waals surface area contributed by atoms with Gasteiger partial charge in [-0.25, -0.2) is 4.98 Å². The van der Waals surface area contributed by atoms with E-state index in [9.17, 15) is 4.79 Å². The number of hydrogen-bond acceptors (Lipinski definition) is 3. The Morgan fingerprint density at radius 1 is 1.41 bits per heavy atom. The molecule has 1 aromatic heterocycles. The van der Waals surface area contributed by atoms with Gasteiger partial charge < -0.3 is 5.11 Å². The van der Waals surface area contributed by atoms with Gasteiger partial charge in [0.1, 0.15) is 10.3 Å². The van der Waals surface area contributed by atoms with Gasteiger partial charge in [-0.15, -0.1) is 0 Å². The number of thioether (sulfide) groups is 1. The van der Waals surface area contributed by atoms with Gasteiger partial charge in [0.25, 0.3) is 0 Å². The van der Waals surface area contributed by atoms with Crippen molar-refractivity contribution in [3.63, 3.8) is 0 Å². The lowest BCUT2D eigenvalue weighted by Gasteiger charge is -2.09. The highest BCUT2D eigenvalue weighted by Gasteiger charge is 2.15. The summed E-state index contributed by atoms with van der Waals surface area (Å²) >= 11 is 1.28. The molecule has 2 aromatic rings. The summed E-state index contributed by atoms with van der Waals surface area (Å²) in [4.78, 5) is 15.3. The number of aliphatic carboxylic acids is 1. The van der Waals surface area contributed by atoms with E-state index in [0.29, 0.717) is 0 Å². The molecule has 0 spiro atoms. The minimum absolute atomic E-state index is 0.484.